The summed E-state index contributed by atoms with van der Waals surface area (Å²) in [7, 11) is 0. The van der Waals surface area contributed by atoms with E-state index in [1.165, 1.54) is 6.92 Å². The van der Waals surface area contributed by atoms with E-state index in [-0.39, 0.29) is 23.6 Å². The molecule has 0 radical (unpaired) electrons. The highest BCUT2D eigenvalue weighted by Gasteiger charge is 2.27. The van der Waals surface area contributed by atoms with E-state index in [0.717, 1.165) is 4.47 Å². The van der Waals surface area contributed by atoms with Gasteiger partial charge in [-0.25, -0.2) is 0 Å². The van der Waals surface area contributed by atoms with Crippen LogP contribution in [0.1, 0.15) is 30.1 Å². The predicted octanol–water partition coefficient (Wildman–Crippen LogP) is 3.90. The van der Waals surface area contributed by atoms with Gasteiger partial charge < -0.3 is 15.5 Å². The normalized spacial score (nSPS) is 14.4. The molecule has 0 aromatic heterocycles. The molecule has 7 heteroatoms. The molecule has 146 valence electrons. The number of carbonyl (C=O) groups excluding carboxylic acids is 3. The van der Waals surface area contributed by atoms with Gasteiger partial charge in [0.2, 0.25) is 11.8 Å². The number of nitrogens with zero attached hydrogens (tertiary/aromatic N) is 1. The summed E-state index contributed by atoms with van der Waals surface area (Å²) in [6, 6.07) is 14.3. The van der Waals surface area contributed by atoms with Crippen LogP contribution in [0.15, 0.2) is 53.0 Å². The van der Waals surface area contributed by atoms with Crippen molar-refractivity contribution in [3.63, 3.8) is 0 Å². The molecule has 0 saturated carbocycles. The topological polar surface area (TPSA) is 78.5 Å². The zero-order valence-electron chi connectivity index (χ0n) is 15.6. The minimum absolute atomic E-state index is 0.0000757. The fourth-order valence-electron chi connectivity index (χ4n) is 3.20. The van der Waals surface area contributed by atoms with Gasteiger partial charge in [-0.1, -0.05) is 15.9 Å². The number of piperidine rings is 1. The van der Waals surface area contributed by atoms with Crippen LogP contribution < -0.4 is 10.6 Å². The molecule has 0 aliphatic carbocycles. The summed E-state index contributed by atoms with van der Waals surface area (Å²) in [5.41, 5.74) is 2.03. The number of amides is 3. The van der Waals surface area contributed by atoms with E-state index in [0.29, 0.717) is 42.9 Å². The molecule has 2 N–H and O–H groups in total. The third-order valence-electron chi connectivity index (χ3n) is 4.72. The quantitative estimate of drug-likeness (QED) is 0.751. The number of likely N-dealkylation sites (tertiary alicyclic amines) is 1. The largest absolute Gasteiger partial charge is 0.339 e. The lowest BCUT2D eigenvalue weighted by Crippen LogP contribution is -2.41. The van der Waals surface area contributed by atoms with E-state index in [1.807, 2.05) is 12.1 Å². The van der Waals surface area contributed by atoms with Gasteiger partial charge in [-0.15, -0.1) is 0 Å². The van der Waals surface area contributed by atoms with Gasteiger partial charge in [0.25, 0.3) is 5.91 Å². The Balaban J connectivity index is 1.51. The third kappa shape index (κ3) is 5.19. The highest BCUT2D eigenvalue weighted by atomic mass is 79.9. The minimum atomic E-state index is -0.138. The Morgan fingerprint density at radius 3 is 1.96 bits per heavy atom. The molecule has 0 spiro atoms. The standard InChI is InChI=1S/C21H22BrN3O3/c1-14(26)23-18-6-8-19(9-7-18)24-20(27)15-10-12-25(13-11-15)21(28)16-2-4-17(22)5-3-16/h2-9,15H,10-13H2,1H3,(H,23,26)(H,24,27). The molecule has 3 rings (SSSR count). The molecule has 3 amide bonds. The molecule has 2 aromatic carbocycles. The smallest absolute Gasteiger partial charge is 0.253 e. The number of hydrogen-bond donors (Lipinski definition) is 2. The maximum Gasteiger partial charge on any atom is 0.253 e. The monoisotopic (exact) mass is 443 g/mol. The molecule has 0 unspecified atom stereocenters. The Morgan fingerprint density at radius 2 is 1.43 bits per heavy atom. The number of rotatable bonds is 4. The fourth-order valence-corrected chi connectivity index (χ4v) is 3.47. The minimum Gasteiger partial charge on any atom is -0.339 e. The molecule has 0 bridgehead atoms. The van der Waals surface area contributed by atoms with E-state index in [9.17, 15) is 14.4 Å². The molecule has 1 aliphatic rings. The van der Waals surface area contributed by atoms with Gasteiger partial charge in [0.15, 0.2) is 0 Å². The second-order valence-electron chi connectivity index (χ2n) is 6.82. The van der Waals surface area contributed by atoms with Gasteiger partial charge in [-0.2, -0.15) is 0 Å². The van der Waals surface area contributed by atoms with Crippen LogP contribution in [0.3, 0.4) is 0 Å². The van der Waals surface area contributed by atoms with Gasteiger partial charge in [-0.05, 0) is 61.4 Å². The van der Waals surface area contributed by atoms with Crippen LogP contribution in [0.2, 0.25) is 0 Å². The van der Waals surface area contributed by atoms with Gasteiger partial charge in [-0.3, -0.25) is 14.4 Å². The van der Waals surface area contributed by atoms with E-state index in [2.05, 4.69) is 26.6 Å². The first-order chi connectivity index (χ1) is 13.4. The molecule has 1 aliphatic heterocycles. The number of halogens is 1. The Hall–Kier alpha value is -2.67. The predicted molar refractivity (Wildman–Crippen MR) is 112 cm³/mol. The fraction of sp³-hybridized carbons (Fsp3) is 0.286. The van der Waals surface area contributed by atoms with Crippen molar-refractivity contribution in [2.24, 2.45) is 5.92 Å². The summed E-state index contributed by atoms with van der Waals surface area (Å²) < 4.78 is 0.935. The Bertz CT molecular complexity index is 857. The average Bonchev–Trinajstić information content (AvgIpc) is 2.69. The Morgan fingerprint density at radius 1 is 0.893 bits per heavy atom. The van der Waals surface area contributed by atoms with Crippen LogP contribution in [0.25, 0.3) is 0 Å². The van der Waals surface area contributed by atoms with Crippen molar-refractivity contribution in [2.75, 3.05) is 23.7 Å². The van der Waals surface area contributed by atoms with Crippen molar-refractivity contribution in [3.8, 4) is 0 Å². The zero-order chi connectivity index (χ0) is 20.1. The van der Waals surface area contributed by atoms with Crippen LogP contribution >= 0.6 is 15.9 Å². The summed E-state index contributed by atoms with van der Waals surface area (Å²) in [5.74, 6) is -0.298. The molecule has 1 fully saturated rings. The summed E-state index contributed by atoms with van der Waals surface area (Å²) in [5, 5.41) is 5.60. The van der Waals surface area contributed by atoms with E-state index >= 15 is 0 Å². The molecule has 0 atom stereocenters. The Labute approximate surface area is 172 Å². The first kappa shape index (κ1) is 20.1. The highest BCUT2D eigenvalue weighted by Crippen LogP contribution is 2.22. The molecule has 2 aromatic rings. The van der Waals surface area contributed by atoms with Crippen LogP contribution in [0.5, 0.6) is 0 Å². The van der Waals surface area contributed by atoms with Crippen molar-refractivity contribution < 1.29 is 14.4 Å². The van der Waals surface area contributed by atoms with Crippen molar-refractivity contribution in [1.82, 2.24) is 4.90 Å². The average molecular weight is 444 g/mol. The van der Waals surface area contributed by atoms with Crippen molar-refractivity contribution in [2.45, 2.75) is 19.8 Å². The maximum absolute atomic E-state index is 12.6. The van der Waals surface area contributed by atoms with E-state index < -0.39 is 0 Å². The molecule has 1 saturated heterocycles. The van der Waals surface area contributed by atoms with Crippen LogP contribution in [0.4, 0.5) is 11.4 Å². The highest BCUT2D eigenvalue weighted by molar-refractivity contribution is 9.10. The van der Waals surface area contributed by atoms with Gasteiger partial charge in [0.05, 0.1) is 0 Å². The van der Waals surface area contributed by atoms with Crippen molar-refractivity contribution in [1.29, 1.82) is 0 Å². The second-order valence-corrected chi connectivity index (χ2v) is 7.74. The van der Waals surface area contributed by atoms with Gasteiger partial charge in [0.1, 0.15) is 0 Å². The number of anilines is 2. The summed E-state index contributed by atoms with van der Waals surface area (Å²) >= 11 is 3.37. The lowest BCUT2D eigenvalue weighted by Gasteiger charge is -2.31. The van der Waals surface area contributed by atoms with Gasteiger partial charge in [0, 0.05) is 47.3 Å². The number of hydrogen-bond acceptors (Lipinski definition) is 3. The van der Waals surface area contributed by atoms with Crippen LogP contribution in [-0.2, 0) is 9.59 Å². The Kier molecular flexibility index (Phi) is 6.46. The number of benzene rings is 2. The van der Waals surface area contributed by atoms with E-state index in [4.69, 9.17) is 0 Å². The number of nitrogens with one attached hydrogen (secondary N) is 2. The lowest BCUT2D eigenvalue weighted by atomic mass is 9.95. The maximum atomic E-state index is 12.6. The van der Waals surface area contributed by atoms with Crippen molar-refractivity contribution >= 4 is 45.0 Å². The number of carbonyl (C=O) groups is 3. The first-order valence-electron chi connectivity index (χ1n) is 9.16. The van der Waals surface area contributed by atoms with Crippen LogP contribution in [0, 0.1) is 5.92 Å². The second kappa shape index (κ2) is 9.01. The molecule has 6 nitrogen and oxygen atoms in total. The first-order valence-corrected chi connectivity index (χ1v) is 9.95. The zero-order valence-corrected chi connectivity index (χ0v) is 17.2. The molecular weight excluding hydrogens is 422 g/mol. The SMILES string of the molecule is CC(=O)Nc1ccc(NC(=O)C2CCN(C(=O)c3ccc(Br)cc3)CC2)cc1. The van der Waals surface area contributed by atoms with Crippen LogP contribution in [-0.4, -0.2) is 35.7 Å². The summed E-state index contributed by atoms with van der Waals surface area (Å²) in [6.45, 7) is 2.58. The molecule has 28 heavy (non-hydrogen) atoms. The summed E-state index contributed by atoms with van der Waals surface area (Å²) in [6.07, 6.45) is 1.27. The molecule has 1 heterocycles. The third-order valence-corrected chi connectivity index (χ3v) is 5.25. The van der Waals surface area contributed by atoms with Crippen molar-refractivity contribution in [3.05, 3.63) is 58.6 Å². The summed E-state index contributed by atoms with van der Waals surface area (Å²) in [4.78, 5) is 37.9. The van der Waals surface area contributed by atoms with E-state index in [1.54, 1.807) is 41.3 Å². The molecular formula is C21H22BrN3O3. The van der Waals surface area contributed by atoms with Gasteiger partial charge >= 0.3 is 0 Å². The lowest BCUT2D eigenvalue weighted by molar-refractivity contribution is -0.121.